The third kappa shape index (κ3) is 1.50. The first-order valence-electron chi connectivity index (χ1n) is 2.87. The molecule has 1 rings (SSSR count). The minimum atomic E-state index is 0.861. The molecule has 0 fully saturated rings. The molecule has 0 bridgehead atoms. The number of hydrogen-bond acceptors (Lipinski definition) is 2. The summed E-state index contributed by atoms with van der Waals surface area (Å²) in [6, 6.07) is 0. The van der Waals surface area contributed by atoms with E-state index in [-0.39, 0.29) is 0 Å². The molecule has 50 valence electrons. The van der Waals surface area contributed by atoms with Gasteiger partial charge >= 0.3 is 0 Å². The van der Waals surface area contributed by atoms with E-state index in [0.29, 0.717) is 0 Å². The minimum absolute atomic E-state index is 0.861. The smallest absolute Gasteiger partial charge is 0.109 e. The van der Waals surface area contributed by atoms with Gasteiger partial charge in [0.05, 0.1) is 7.11 Å². The molecule has 0 N–H and O–H groups in total. The number of hydroxylamine groups is 2. The number of thiocarbonyl (C=S) groups is 1. The van der Waals surface area contributed by atoms with Gasteiger partial charge in [-0.1, -0.05) is 18.3 Å². The first-order chi connectivity index (χ1) is 4.34. The molecule has 1 aliphatic rings. The standard InChI is InChI=1S/C6H9NOS/c1-8-7-5-3-2-4-6(7)9/h3,5H,2,4H2,1H3. The Bertz CT molecular complexity index is 144. The van der Waals surface area contributed by atoms with Crippen LogP contribution in [0.2, 0.25) is 0 Å². The fourth-order valence-corrected chi connectivity index (χ4v) is 0.986. The Balaban J connectivity index is 2.57. The zero-order valence-corrected chi connectivity index (χ0v) is 6.15. The van der Waals surface area contributed by atoms with Crippen LogP contribution in [0.25, 0.3) is 0 Å². The Kier molecular flexibility index (Phi) is 2.19. The van der Waals surface area contributed by atoms with Crippen molar-refractivity contribution < 1.29 is 4.84 Å². The van der Waals surface area contributed by atoms with Crippen molar-refractivity contribution in [1.82, 2.24) is 5.06 Å². The molecule has 0 radical (unpaired) electrons. The fourth-order valence-electron chi connectivity index (χ4n) is 0.733. The molecule has 0 saturated heterocycles. The highest BCUT2D eigenvalue weighted by molar-refractivity contribution is 7.80. The van der Waals surface area contributed by atoms with E-state index in [9.17, 15) is 0 Å². The second-order valence-electron chi connectivity index (χ2n) is 1.83. The summed E-state index contributed by atoms with van der Waals surface area (Å²) in [5, 5.41) is 1.61. The van der Waals surface area contributed by atoms with E-state index in [4.69, 9.17) is 17.1 Å². The van der Waals surface area contributed by atoms with Gasteiger partial charge in [0, 0.05) is 12.6 Å². The van der Waals surface area contributed by atoms with Crippen LogP contribution in [0.15, 0.2) is 12.3 Å². The number of hydrogen-bond donors (Lipinski definition) is 0. The lowest BCUT2D eigenvalue weighted by molar-refractivity contribution is -0.0225. The van der Waals surface area contributed by atoms with E-state index in [1.54, 1.807) is 12.2 Å². The van der Waals surface area contributed by atoms with Crippen molar-refractivity contribution in [2.24, 2.45) is 0 Å². The van der Waals surface area contributed by atoms with Crippen molar-refractivity contribution in [3.8, 4) is 0 Å². The molecule has 0 amide bonds. The summed E-state index contributed by atoms with van der Waals surface area (Å²) in [6.45, 7) is 0. The van der Waals surface area contributed by atoms with Crippen molar-refractivity contribution >= 4 is 17.2 Å². The Hall–Kier alpha value is -0.410. The maximum absolute atomic E-state index is 4.98. The third-order valence-electron chi connectivity index (χ3n) is 1.21. The van der Waals surface area contributed by atoms with Gasteiger partial charge in [-0.05, 0) is 6.42 Å². The molecular weight excluding hydrogens is 134 g/mol. The Morgan fingerprint density at radius 1 is 1.78 bits per heavy atom. The maximum atomic E-state index is 4.98. The summed E-state index contributed by atoms with van der Waals surface area (Å²) in [4.78, 5) is 5.77. The van der Waals surface area contributed by atoms with Gasteiger partial charge in [0.25, 0.3) is 0 Å². The summed E-state index contributed by atoms with van der Waals surface area (Å²) >= 11 is 4.98. The molecule has 0 unspecified atom stereocenters. The predicted molar refractivity (Wildman–Crippen MR) is 39.8 cm³/mol. The molecule has 0 aromatic rings. The van der Waals surface area contributed by atoms with Crippen LogP contribution in [-0.4, -0.2) is 17.2 Å². The van der Waals surface area contributed by atoms with Crippen LogP contribution < -0.4 is 0 Å². The normalized spacial score (nSPS) is 18.8. The topological polar surface area (TPSA) is 12.5 Å². The van der Waals surface area contributed by atoms with Crippen LogP contribution >= 0.6 is 12.2 Å². The van der Waals surface area contributed by atoms with Gasteiger partial charge in [-0.25, -0.2) is 5.06 Å². The van der Waals surface area contributed by atoms with Crippen molar-refractivity contribution in [1.29, 1.82) is 0 Å². The maximum Gasteiger partial charge on any atom is 0.109 e. The SMILES string of the molecule is CON1C=CCCC1=S. The Labute approximate surface area is 60.1 Å². The van der Waals surface area contributed by atoms with Crippen LogP contribution in [0.4, 0.5) is 0 Å². The van der Waals surface area contributed by atoms with Crippen molar-refractivity contribution in [2.45, 2.75) is 12.8 Å². The average molecular weight is 143 g/mol. The molecule has 0 saturated carbocycles. The molecule has 1 aliphatic heterocycles. The third-order valence-corrected chi connectivity index (χ3v) is 1.59. The molecule has 2 nitrogen and oxygen atoms in total. The lowest BCUT2D eigenvalue weighted by atomic mass is 10.2. The van der Waals surface area contributed by atoms with Gasteiger partial charge in [-0.2, -0.15) is 0 Å². The molecule has 9 heavy (non-hydrogen) atoms. The lowest BCUT2D eigenvalue weighted by Crippen LogP contribution is -2.24. The van der Waals surface area contributed by atoms with Crippen LogP contribution in [0, 0.1) is 0 Å². The van der Waals surface area contributed by atoms with Gasteiger partial charge in [-0.15, -0.1) is 0 Å². The summed E-state index contributed by atoms with van der Waals surface area (Å²) < 4.78 is 0. The summed E-state index contributed by atoms with van der Waals surface area (Å²) in [7, 11) is 1.61. The lowest BCUT2D eigenvalue weighted by Gasteiger charge is -2.20. The van der Waals surface area contributed by atoms with E-state index in [1.165, 1.54) is 0 Å². The van der Waals surface area contributed by atoms with Gasteiger partial charge < -0.3 is 0 Å². The average Bonchev–Trinajstić information content (AvgIpc) is 1.89. The summed E-state index contributed by atoms with van der Waals surface area (Å²) in [5.41, 5.74) is 0. The molecule has 0 atom stereocenters. The zero-order chi connectivity index (χ0) is 6.69. The van der Waals surface area contributed by atoms with E-state index in [2.05, 4.69) is 0 Å². The molecule has 0 aliphatic carbocycles. The highest BCUT2D eigenvalue weighted by atomic mass is 32.1. The van der Waals surface area contributed by atoms with Crippen molar-refractivity contribution in [2.75, 3.05) is 7.11 Å². The molecule has 1 heterocycles. The van der Waals surface area contributed by atoms with Crippen LogP contribution in [-0.2, 0) is 4.84 Å². The molecule has 0 spiro atoms. The molecular formula is C6H9NOS. The van der Waals surface area contributed by atoms with Crippen molar-refractivity contribution in [3.63, 3.8) is 0 Å². The summed E-state index contributed by atoms with van der Waals surface area (Å²) in [5.74, 6) is 0. The van der Waals surface area contributed by atoms with E-state index in [0.717, 1.165) is 17.8 Å². The van der Waals surface area contributed by atoms with E-state index < -0.39 is 0 Å². The second kappa shape index (κ2) is 2.94. The van der Waals surface area contributed by atoms with Crippen LogP contribution in [0.1, 0.15) is 12.8 Å². The van der Waals surface area contributed by atoms with Crippen molar-refractivity contribution in [3.05, 3.63) is 12.3 Å². The number of rotatable bonds is 1. The molecule has 0 aromatic heterocycles. The zero-order valence-electron chi connectivity index (χ0n) is 5.33. The highest BCUT2D eigenvalue weighted by Crippen LogP contribution is 2.08. The molecule has 3 heteroatoms. The first-order valence-corrected chi connectivity index (χ1v) is 3.28. The Morgan fingerprint density at radius 3 is 3.00 bits per heavy atom. The highest BCUT2D eigenvalue weighted by Gasteiger charge is 2.07. The van der Waals surface area contributed by atoms with Crippen LogP contribution in [0.3, 0.4) is 0 Å². The first kappa shape index (κ1) is 6.71. The van der Waals surface area contributed by atoms with Gasteiger partial charge in [-0.3, -0.25) is 4.84 Å². The van der Waals surface area contributed by atoms with E-state index in [1.807, 2.05) is 12.3 Å². The summed E-state index contributed by atoms with van der Waals surface area (Å²) in [6.07, 6.45) is 5.86. The largest absolute Gasteiger partial charge is 0.272 e. The Morgan fingerprint density at radius 2 is 2.56 bits per heavy atom. The van der Waals surface area contributed by atoms with E-state index >= 15 is 0 Å². The predicted octanol–water partition coefficient (Wildman–Crippen LogP) is 1.48. The van der Waals surface area contributed by atoms with Crippen LogP contribution in [0.5, 0.6) is 0 Å². The number of nitrogens with zero attached hydrogens (tertiary/aromatic N) is 1. The number of allylic oxidation sites excluding steroid dienone is 1. The fraction of sp³-hybridized carbons (Fsp3) is 0.500. The molecule has 0 aromatic carbocycles. The second-order valence-corrected chi connectivity index (χ2v) is 2.30. The van der Waals surface area contributed by atoms with Gasteiger partial charge in [0.2, 0.25) is 0 Å². The minimum Gasteiger partial charge on any atom is -0.272 e. The monoisotopic (exact) mass is 143 g/mol. The quantitative estimate of drug-likeness (QED) is 0.516. The van der Waals surface area contributed by atoms with Gasteiger partial charge in [0.1, 0.15) is 4.99 Å². The van der Waals surface area contributed by atoms with Gasteiger partial charge in [0.15, 0.2) is 0 Å².